The molecular weight excluding hydrogens is 362 g/mol. The van der Waals surface area contributed by atoms with Gasteiger partial charge in [0, 0.05) is 51.0 Å². The second-order valence-electron chi connectivity index (χ2n) is 9.37. The Morgan fingerprint density at radius 2 is 1.72 bits per heavy atom. The molecule has 1 aliphatic heterocycles. The van der Waals surface area contributed by atoms with Crippen molar-refractivity contribution < 1.29 is 0 Å². The van der Waals surface area contributed by atoms with Crippen LogP contribution >= 0.6 is 0 Å². The van der Waals surface area contributed by atoms with Crippen molar-refractivity contribution in [1.82, 2.24) is 19.0 Å². The van der Waals surface area contributed by atoms with E-state index in [1.54, 1.807) is 11.6 Å². The van der Waals surface area contributed by atoms with Gasteiger partial charge in [-0.25, -0.2) is 9.78 Å². The zero-order valence-electron chi connectivity index (χ0n) is 18.1. The number of pyridine rings is 1. The minimum atomic E-state index is -0.00855. The maximum atomic E-state index is 12.8. The van der Waals surface area contributed by atoms with Crippen LogP contribution in [0.25, 0.3) is 22.4 Å². The second kappa shape index (κ2) is 7.34. The molecule has 154 valence electrons. The van der Waals surface area contributed by atoms with Crippen molar-refractivity contribution in [3.8, 4) is 11.3 Å². The number of nitrogens with zero attached hydrogens (tertiary/aromatic N) is 5. The van der Waals surface area contributed by atoms with Crippen LogP contribution in [0.2, 0.25) is 0 Å². The van der Waals surface area contributed by atoms with Crippen molar-refractivity contribution >= 4 is 16.9 Å². The van der Waals surface area contributed by atoms with Gasteiger partial charge in [-0.05, 0) is 36.7 Å². The molecule has 1 fully saturated rings. The lowest BCUT2D eigenvalue weighted by Crippen LogP contribution is -2.44. The maximum absolute atomic E-state index is 12.8. The van der Waals surface area contributed by atoms with Gasteiger partial charge in [0.15, 0.2) is 5.65 Å². The Balaban J connectivity index is 1.71. The van der Waals surface area contributed by atoms with Gasteiger partial charge in [0.2, 0.25) is 0 Å². The lowest BCUT2D eigenvalue weighted by atomic mass is 9.97. The summed E-state index contributed by atoms with van der Waals surface area (Å²) < 4.78 is 3.50. The highest BCUT2D eigenvalue weighted by Gasteiger charge is 2.19. The fourth-order valence-corrected chi connectivity index (χ4v) is 3.99. The van der Waals surface area contributed by atoms with E-state index in [-0.39, 0.29) is 11.1 Å². The molecule has 29 heavy (non-hydrogen) atoms. The normalized spacial score (nSPS) is 16.0. The first-order valence-electron chi connectivity index (χ1n) is 10.3. The van der Waals surface area contributed by atoms with Crippen LogP contribution < -0.4 is 10.6 Å². The Morgan fingerprint density at radius 1 is 1.00 bits per heavy atom. The third-order valence-electron chi connectivity index (χ3n) is 5.62. The van der Waals surface area contributed by atoms with Crippen molar-refractivity contribution in [2.75, 3.05) is 38.1 Å². The molecule has 1 aliphatic rings. The van der Waals surface area contributed by atoms with Gasteiger partial charge in [0.1, 0.15) is 0 Å². The highest BCUT2D eigenvalue weighted by molar-refractivity contribution is 5.77. The molecule has 0 saturated carbocycles. The summed E-state index contributed by atoms with van der Waals surface area (Å²) in [5, 5.41) is 0. The summed E-state index contributed by atoms with van der Waals surface area (Å²) in [4.78, 5) is 22.4. The molecule has 2 aromatic heterocycles. The zero-order chi connectivity index (χ0) is 20.8. The summed E-state index contributed by atoms with van der Waals surface area (Å²) in [6, 6.07) is 12.6. The lowest BCUT2D eigenvalue weighted by molar-refractivity contribution is 0.313. The molecule has 3 aromatic rings. The van der Waals surface area contributed by atoms with Gasteiger partial charge in [0.25, 0.3) is 0 Å². The predicted octanol–water partition coefficient (Wildman–Crippen LogP) is 3.20. The summed E-state index contributed by atoms with van der Waals surface area (Å²) in [5.74, 6) is 0. The van der Waals surface area contributed by atoms with E-state index in [9.17, 15) is 4.79 Å². The number of piperazine rings is 1. The van der Waals surface area contributed by atoms with Crippen LogP contribution in [-0.2, 0) is 13.6 Å². The van der Waals surface area contributed by atoms with Gasteiger partial charge < -0.3 is 9.80 Å². The van der Waals surface area contributed by atoms with Crippen LogP contribution in [0.4, 0.5) is 5.69 Å². The fraction of sp³-hybridized carbons (Fsp3) is 0.478. The van der Waals surface area contributed by atoms with Crippen LogP contribution in [0.1, 0.15) is 20.8 Å². The van der Waals surface area contributed by atoms with Crippen LogP contribution in [0.3, 0.4) is 0 Å². The summed E-state index contributed by atoms with van der Waals surface area (Å²) in [5.41, 5.74) is 4.86. The average Bonchev–Trinajstić information content (AvgIpc) is 2.92. The molecule has 0 N–H and O–H groups in total. The van der Waals surface area contributed by atoms with Crippen molar-refractivity contribution in [2.45, 2.75) is 27.3 Å². The first-order valence-corrected chi connectivity index (χ1v) is 10.3. The van der Waals surface area contributed by atoms with Crippen molar-refractivity contribution in [3.05, 3.63) is 46.9 Å². The minimum Gasteiger partial charge on any atom is -0.369 e. The van der Waals surface area contributed by atoms with Crippen LogP contribution in [0.15, 0.2) is 41.2 Å². The highest BCUT2D eigenvalue weighted by atomic mass is 16.1. The number of aryl methyl sites for hydroxylation is 1. The molecule has 0 bridgehead atoms. The first kappa shape index (κ1) is 19.7. The van der Waals surface area contributed by atoms with Crippen LogP contribution in [-0.4, -0.2) is 52.2 Å². The predicted molar refractivity (Wildman–Crippen MR) is 120 cm³/mol. The Bertz CT molecular complexity index is 1080. The van der Waals surface area contributed by atoms with Gasteiger partial charge in [-0.15, -0.1) is 0 Å². The lowest BCUT2D eigenvalue weighted by Gasteiger charge is -2.34. The van der Waals surface area contributed by atoms with Crippen LogP contribution in [0.5, 0.6) is 0 Å². The fourth-order valence-electron chi connectivity index (χ4n) is 3.99. The maximum Gasteiger partial charge on any atom is 0.330 e. The van der Waals surface area contributed by atoms with Gasteiger partial charge in [-0.2, -0.15) is 0 Å². The monoisotopic (exact) mass is 393 g/mol. The molecule has 0 unspecified atom stereocenters. The molecule has 0 amide bonds. The minimum absolute atomic E-state index is 0.00855. The summed E-state index contributed by atoms with van der Waals surface area (Å²) in [6.07, 6.45) is 0. The molecule has 1 aromatic carbocycles. The van der Waals surface area contributed by atoms with E-state index in [4.69, 9.17) is 4.98 Å². The van der Waals surface area contributed by atoms with E-state index in [0.29, 0.717) is 6.54 Å². The number of anilines is 1. The Labute approximate surface area is 172 Å². The van der Waals surface area contributed by atoms with Gasteiger partial charge in [-0.3, -0.25) is 9.13 Å². The Morgan fingerprint density at radius 3 is 2.41 bits per heavy atom. The Kier molecular flexibility index (Phi) is 4.99. The number of hydrogen-bond acceptors (Lipinski definition) is 4. The Hall–Kier alpha value is -2.60. The number of rotatable bonds is 3. The quantitative estimate of drug-likeness (QED) is 0.686. The number of likely N-dealkylation sites (N-methyl/N-ethyl adjacent to an activating group) is 1. The highest BCUT2D eigenvalue weighted by Crippen LogP contribution is 2.26. The molecule has 6 heteroatoms. The number of hydrogen-bond donors (Lipinski definition) is 0. The number of fused-ring (bicyclic) bond motifs is 1. The topological polar surface area (TPSA) is 46.3 Å². The zero-order valence-corrected chi connectivity index (χ0v) is 18.1. The third-order valence-corrected chi connectivity index (χ3v) is 5.62. The number of imidazole rings is 1. The summed E-state index contributed by atoms with van der Waals surface area (Å²) >= 11 is 0. The SMILES string of the molecule is CN1CCN(c2cccc(-c3ccc4c(n3)n(C)c(=O)n4CC(C)(C)C)c2)CC1. The molecule has 3 heterocycles. The first-order chi connectivity index (χ1) is 13.7. The molecule has 0 atom stereocenters. The smallest absolute Gasteiger partial charge is 0.330 e. The molecule has 4 rings (SSSR count). The molecule has 1 saturated heterocycles. The third kappa shape index (κ3) is 3.94. The van der Waals surface area contributed by atoms with E-state index in [1.165, 1.54) is 5.69 Å². The van der Waals surface area contributed by atoms with Crippen molar-refractivity contribution in [2.24, 2.45) is 12.5 Å². The largest absolute Gasteiger partial charge is 0.369 e. The number of benzene rings is 1. The van der Waals surface area contributed by atoms with Gasteiger partial charge >= 0.3 is 5.69 Å². The summed E-state index contributed by atoms with van der Waals surface area (Å²) in [6.45, 7) is 11.3. The molecule has 0 aliphatic carbocycles. The van der Waals surface area contributed by atoms with Crippen LogP contribution in [0, 0.1) is 5.41 Å². The van der Waals surface area contributed by atoms with E-state index < -0.39 is 0 Å². The standard InChI is InChI=1S/C23H31N5O/c1-23(2,3)16-28-20-10-9-19(24-21(20)26(5)22(28)29)17-7-6-8-18(15-17)27-13-11-25(4)12-14-27/h6-10,15H,11-14,16H2,1-5H3. The van der Waals surface area contributed by atoms with E-state index in [1.807, 2.05) is 16.7 Å². The molecular formula is C23H31N5O. The molecule has 6 nitrogen and oxygen atoms in total. The van der Waals surface area contributed by atoms with Crippen molar-refractivity contribution in [1.29, 1.82) is 0 Å². The second-order valence-corrected chi connectivity index (χ2v) is 9.37. The molecule has 0 radical (unpaired) electrons. The van der Waals surface area contributed by atoms with E-state index in [2.05, 4.69) is 61.9 Å². The van der Waals surface area contributed by atoms with Crippen molar-refractivity contribution in [3.63, 3.8) is 0 Å². The average molecular weight is 394 g/mol. The summed E-state index contributed by atoms with van der Waals surface area (Å²) in [7, 11) is 3.98. The van der Waals surface area contributed by atoms with Gasteiger partial charge in [0.05, 0.1) is 11.2 Å². The van der Waals surface area contributed by atoms with E-state index in [0.717, 1.165) is 48.6 Å². The number of aromatic nitrogens is 3. The molecule has 0 spiro atoms. The van der Waals surface area contributed by atoms with Gasteiger partial charge in [-0.1, -0.05) is 32.9 Å². The van der Waals surface area contributed by atoms with E-state index >= 15 is 0 Å².